The number of carbonyl (C=O) groups excluding carboxylic acids is 3. The van der Waals surface area contributed by atoms with Crippen LogP contribution in [0.25, 0.3) is 0 Å². The third kappa shape index (κ3) is 2.05. The monoisotopic (exact) mass is 251 g/mol. The molecule has 0 aromatic heterocycles. The fourth-order valence-corrected chi connectivity index (χ4v) is 2.70. The highest BCUT2D eigenvalue weighted by atomic mass is 16.5. The maximum atomic E-state index is 12.0. The van der Waals surface area contributed by atoms with Gasteiger partial charge in [0.25, 0.3) is 0 Å². The average Bonchev–Trinajstić information content (AvgIpc) is 2.89. The summed E-state index contributed by atoms with van der Waals surface area (Å²) in [6, 6.07) is 0. The van der Waals surface area contributed by atoms with Gasteiger partial charge < -0.3 is 4.74 Å². The summed E-state index contributed by atoms with van der Waals surface area (Å²) in [5, 5.41) is 0. The van der Waals surface area contributed by atoms with E-state index in [1.165, 1.54) is 0 Å². The molecule has 2 unspecified atom stereocenters. The molecule has 2 amide bonds. The lowest BCUT2D eigenvalue weighted by atomic mass is 10.00. The molecule has 0 radical (unpaired) electrons. The Morgan fingerprint density at radius 3 is 2.39 bits per heavy atom. The third-order valence-corrected chi connectivity index (χ3v) is 3.60. The van der Waals surface area contributed by atoms with Gasteiger partial charge in [0, 0.05) is 5.57 Å². The predicted molar refractivity (Wildman–Crippen MR) is 63.3 cm³/mol. The van der Waals surface area contributed by atoms with Crippen LogP contribution in [-0.4, -0.2) is 35.8 Å². The summed E-state index contributed by atoms with van der Waals surface area (Å²) in [5.41, 5.74) is 0.151. The zero-order valence-electron chi connectivity index (χ0n) is 10.5. The van der Waals surface area contributed by atoms with Crippen molar-refractivity contribution in [1.29, 1.82) is 0 Å². The van der Waals surface area contributed by atoms with Gasteiger partial charge in [-0.2, -0.15) is 0 Å². The van der Waals surface area contributed by atoms with Crippen LogP contribution < -0.4 is 0 Å². The van der Waals surface area contributed by atoms with Crippen LogP contribution in [0.3, 0.4) is 0 Å². The van der Waals surface area contributed by atoms with Crippen LogP contribution >= 0.6 is 0 Å². The van der Waals surface area contributed by atoms with Crippen LogP contribution in [0.5, 0.6) is 0 Å². The highest BCUT2D eigenvalue weighted by Gasteiger charge is 2.49. The Morgan fingerprint density at radius 1 is 1.33 bits per heavy atom. The summed E-state index contributed by atoms with van der Waals surface area (Å²) in [6.45, 7) is 5.49. The second-order valence-corrected chi connectivity index (χ2v) is 4.73. The van der Waals surface area contributed by atoms with Crippen molar-refractivity contribution in [2.75, 3.05) is 13.2 Å². The summed E-state index contributed by atoms with van der Waals surface area (Å²) in [4.78, 5) is 36.6. The minimum atomic E-state index is -0.546. The normalized spacial score (nSPS) is 26.4. The number of imide groups is 1. The molecule has 5 heteroatoms. The van der Waals surface area contributed by atoms with Gasteiger partial charge >= 0.3 is 5.97 Å². The molecule has 2 rings (SSSR count). The zero-order valence-corrected chi connectivity index (χ0v) is 10.5. The van der Waals surface area contributed by atoms with E-state index in [0.29, 0.717) is 0 Å². The van der Waals surface area contributed by atoms with Gasteiger partial charge in [0.05, 0.1) is 25.0 Å². The molecular formula is C13H17NO4. The minimum absolute atomic E-state index is 0.0382. The first-order chi connectivity index (χ1) is 8.56. The van der Waals surface area contributed by atoms with E-state index in [-0.39, 0.29) is 42.4 Å². The molecule has 0 aromatic carbocycles. The number of hydrogen-bond acceptors (Lipinski definition) is 4. The first-order valence-electron chi connectivity index (χ1n) is 6.26. The molecule has 1 saturated carbocycles. The molecule has 5 nitrogen and oxygen atoms in total. The van der Waals surface area contributed by atoms with E-state index in [2.05, 4.69) is 6.58 Å². The van der Waals surface area contributed by atoms with Crippen molar-refractivity contribution < 1.29 is 19.1 Å². The highest BCUT2D eigenvalue weighted by Crippen LogP contribution is 2.39. The first-order valence-corrected chi connectivity index (χ1v) is 6.26. The number of ether oxygens (including phenoxy) is 1. The molecule has 1 heterocycles. The van der Waals surface area contributed by atoms with Crippen molar-refractivity contribution in [3.63, 3.8) is 0 Å². The van der Waals surface area contributed by atoms with Crippen molar-refractivity contribution in [1.82, 2.24) is 4.90 Å². The lowest BCUT2D eigenvalue weighted by molar-refractivity contribution is -0.141. The highest BCUT2D eigenvalue weighted by molar-refractivity contribution is 6.06. The lowest BCUT2D eigenvalue weighted by Crippen LogP contribution is -2.35. The number of esters is 1. The molecule has 0 bridgehead atoms. The van der Waals surface area contributed by atoms with E-state index < -0.39 is 5.97 Å². The SMILES string of the molecule is C=C(CN1C(=O)C2CCCC2C1=O)C(=O)OCC. The average molecular weight is 251 g/mol. The zero-order chi connectivity index (χ0) is 13.3. The molecule has 0 aromatic rings. The Kier molecular flexibility index (Phi) is 3.50. The summed E-state index contributed by atoms with van der Waals surface area (Å²) in [5.74, 6) is -1.21. The Labute approximate surface area is 106 Å². The molecule has 0 spiro atoms. The Morgan fingerprint density at radius 2 is 1.89 bits per heavy atom. The summed E-state index contributed by atoms with van der Waals surface area (Å²) >= 11 is 0. The van der Waals surface area contributed by atoms with E-state index in [9.17, 15) is 14.4 Å². The van der Waals surface area contributed by atoms with Crippen molar-refractivity contribution >= 4 is 17.8 Å². The van der Waals surface area contributed by atoms with Crippen LogP contribution in [0, 0.1) is 11.8 Å². The second kappa shape index (κ2) is 4.92. The third-order valence-electron chi connectivity index (χ3n) is 3.60. The number of likely N-dealkylation sites (tertiary alicyclic amines) is 1. The quantitative estimate of drug-likeness (QED) is 0.423. The summed E-state index contributed by atoms with van der Waals surface area (Å²) in [6.07, 6.45) is 2.48. The van der Waals surface area contributed by atoms with E-state index >= 15 is 0 Å². The van der Waals surface area contributed by atoms with Gasteiger partial charge in [-0.25, -0.2) is 4.79 Å². The van der Waals surface area contributed by atoms with Gasteiger partial charge in [-0.05, 0) is 19.8 Å². The van der Waals surface area contributed by atoms with Gasteiger partial charge in [0.1, 0.15) is 0 Å². The summed E-state index contributed by atoms with van der Waals surface area (Å²) < 4.78 is 4.79. The van der Waals surface area contributed by atoms with Crippen LogP contribution in [0.4, 0.5) is 0 Å². The molecule has 2 aliphatic rings. The fraction of sp³-hybridized carbons (Fsp3) is 0.615. The number of fused-ring (bicyclic) bond motifs is 1. The van der Waals surface area contributed by atoms with Gasteiger partial charge in [0.15, 0.2) is 0 Å². The van der Waals surface area contributed by atoms with Crippen LogP contribution in [0.2, 0.25) is 0 Å². The van der Waals surface area contributed by atoms with Gasteiger partial charge in [0.2, 0.25) is 11.8 Å². The largest absolute Gasteiger partial charge is 0.463 e. The van der Waals surface area contributed by atoms with E-state index in [1.54, 1.807) is 6.92 Å². The van der Waals surface area contributed by atoms with E-state index in [0.717, 1.165) is 24.2 Å². The molecule has 0 N–H and O–H groups in total. The number of carbonyl (C=O) groups is 3. The number of rotatable bonds is 4. The van der Waals surface area contributed by atoms with Crippen molar-refractivity contribution in [2.24, 2.45) is 11.8 Å². The summed E-state index contributed by atoms with van der Waals surface area (Å²) in [7, 11) is 0. The van der Waals surface area contributed by atoms with Crippen LogP contribution in [0.15, 0.2) is 12.2 Å². The van der Waals surface area contributed by atoms with Crippen molar-refractivity contribution in [3.8, 4) is 0 Å². The Hall–Kier alpha value is -1.65. The molecule has 1 saturated heterocycles. The molecule has 98 valence electrons. The van der Waals surface area contributed by atoms with Gasteiger partial charge in [-0.1, -0.05) is 13.0 Å². The lowest BCUT2D eigenvalue weighted by Gasteiger charge is -2.16. The number of hydrogen-bond donors (Lipinski definition) is 0. The van der Waals surface area contributed by atoms with E-state index in [1.807, 2.05) is 0 Å². The van der Waals surface area contributed by atoms with Crippen LogP contribution in [-0.2, 0) is 19.1 Å². The number of nitrogens with zero attached hydrogens (tertiary/aromatic N) is 1. The minimum Gasteiger partial charge on any atom is -0.463 e. The molecule has 1 aliphatic heterocycles. The molecule has 2 atom stereocenters. The second-order valence-electron chi connectivity index (χ2n) is 4.73. The Balaban J connectivity index is 2.02. The maximum absolute atomic E-state index is 12.0. The van der Waals surface area contributed by atoms with Crippen molar-refractivity contribution in [2.45, 2.75) is 26.2 Å². The first kappa shape index (κ1) is 12.8. The van der Waals surface area contributed by atoms with Gasteiger partial charge in [-0.3, -0.25) is 14.5 Å². The molecular weight excluding hydrogens is 234 g/mol. The molecule has 2 fully saturated rings. The Bertz CT molecular complexity index is 393. The topological polar surface area (TPSA) is 63.7 Å². The standard InChI is InChI=1S/C13H17NO4/c1-3-18-13(17)8(2)7-14-11(15)9-5-4-6-10(9)12(14)16/h9-10H,2-7H2,1H3. The van der Waals surface area contributed by atoms with Crippen molar-refractivity contribution in [3.05, 3.63) is 12.2 Å². The fourth-order valence-electron chi connectivity index (χ4n) is 2.70. The van der Waals surface area contributed by atoms with Crippen LogP contribution in [0.1, 0.15) is 26.2 Å². The predicted octanol–water partition coefficient (Wildman–Crippen LogP) is 0.891. The van der Waals surface area contributed by atoms with E-state index in [4.69, 9.17) is 4.74 Å². The van der Waals surface area contributed by atoms with Gasteiger partial charge in [-0.15, -0.1) is 0 Å². The molecule has 1 aliphatic carbocycles. The number of amides is 2. The smallest absolute Gasteiger partial charge is 0.335 e. The molecule has 18 heavy (non-hydrogen) atoms. The maximum Gasteiger partial charge on any atom is 0.335 e.